The Morgan fingerprint density at radius 2 is 2.05 bits per heavy atom. The zero-order valence-corrected chi connectivity index (χ0v) is 13.3. The van der Waals surface area contributed by atoms with Crippen LogP contribution in [-0.4, -0.2) is 51.3 Å². The Morgan fingerprint density at radius 1 is 1.30 bits per heavy atom. The fourth-order valence-corrected chi connectivity index (χ4v) is 2.89. The van der Waals surface area contributed by atoms with Crippen molar-refractivity contribution in [3.8, 4) is 0 Å². The lowest BCUT2D eigenvalue weighted by Crippen LogP contribution is -2.52. The predicted molar refractivity (Wildman–Crippen MR) is 80.1 cm³/mol. The molecule has 0 aromatic rings. The molecule has 1 heterocycles. The van der Waals surface area contributed by atoms with E-state index in [0.717, 1.165) is 44.8 Å². The van der Waals surface area contributed by atoms with Gasteiger partial charge in [-0.05, 0) is 25.7 Å². The van der Waals surface area contributed by atoms with Gasteiger partial charge in [-0.3, -0.25) is 0 Å². The Balaban J connectivity index is 2.44. The number of unbranched alkanes of at least 4 members (excludes halogenated alkanes) is 2. The van der Waals surface area contributed by atoms with Gasteiger partial charge in [-0.25, -0.2) is 17.9 Å². The number of urea groups is 1. The Kier molecular flexibility index (Phi) is 7.29. The number of nitrogens with one attached hydrogen (secondary N) is 2. The molecule has 7 heteroatoms. The number of hydrogen-bond acceptors (Lipinski definition) is 3. The maximum Gasteiger partial charge on any atom is 0.317 e. The number of sulfonamides is 1. The van der Waals surface area contributed by atoms with E-state index in [4.69, 9.17) is 0 Å². The smallest absolute Gasteiger partial charge is 0.317 e. The minimum absolute atomic E-state index is 0.0374. The average Bonchev–Trinajstić information content (AvgIpc) is 2.40. The lowest BCUT2D eigenvalue weighted by atomic mass is 10.0. The summed E-state index contributed by atoms with van der Waals surface area (Å²) in [6.07, 6.45) is 7.24. The Morgan fingerprint density at radius 3 is 2.70 bits per heavy atom. The first-order valence-electron chi connectivity index (χ1n) is 7.43. The highest BCUT2D eigenvalue weighted by molar-refractivity contribution is 7.88. The Bertz CT molecular complexity index is 398. The van der Waals surface area contributed by atoms with Crippen molar-refractivity contribution in [3.05, 3.63) is 0 Å². The Labute approximate surface area is 122 Å². The van der Waals surface area contributed by atoms with Crippen LogP contribution in [0.4, 0.5) is 4.79 Å². The van der Waals surface area contributed by atoms with E-state index in [1.807, 2.05) is 0 Å². The lowest BCUT2D eigenvalue weighted by molar-refractivity contribution is 0.152. The molecule has 0 aliphatic carbocycles. The third-order valence-corrected chi connectivity index (χ3v) is 4.22. The molecule has 1 unspecified atom stereocenters. The molecule has 0 radical (unpaired) electrons. The van der Waals surface area contributed by atoms with Gasteiger partial charge in [0.2, 0.25) is 10.0 Å². The molecule has 0 aromatic carbocycles. The number of carbonyl (C=O) groups is 1. The largest absolute Gasteiger partial charge is 0.338 e. The van der Waals surface area contributed by atoms with Crippen LogP contribution in [0.2, 0.25) is 0 Å². The topological polar surface area (TPSA) is 78.5 Å². The lowest BCUT2D eigenvalue weighted by Gasteiger charge is -2.35. The number of piperidine rings is 1. The van der Waals surface area contributed by atoms with Crippen molar-refractivity contribution < 1.29 is 13.2 Å². The van der Waals surface area contributed by atoms with Crippen LogP contribution in [-0.2, 0) is 10.0 Å². The van der Waals surface area contributed by atoms with Crippen LogP contribution in [0, 0.1) is 0 Å². The minimum atomic E-state index is -3.21. The van der Waals surface area contributed by atoms with Gasteiger partial charge in [0.1, 0.15) is 0 Å². The molecule has 1 rings (SSSR count). The highest BCUT2D eigenvalue weighted by Crippen LogP contribution is 2.16. The van der Waals surface area contributed by atoms with Gasteiger partial charge in [-0.2, -0.15) is 0 Å². The zero-order chi connectivity index (χ0) is 15.0. The summed E-state index contributed by atoms with van der Waals surface area (Å²) < 4.78 is 24.8. The molecule has 0 spiro atoms. The summed E-state index contributed by atoms with van der Waals surface area (Å²) in [4.78, 5) is 13.9. The average molecular weight is 305 g/mol. The van der Waals surface area contributed by atoms with Gasteiger partial charge < -0.3 is 10.2 Å². The molecule has 0 bridgehead atoms. The molecule has 2 N–H and O–H groups in total. The van der Waals surface area contributed by atoms with Crippen LogP contribution in [0.15, 0.2) is 0 Å². The molecule has 1 atom stereocenters. The summed E-state index contributed by atoms with van der Waals surface area (Å²) >= 11 is 0. The summed E-state index contributed by atoms with van der Waals surface area (Å²) in [7, 11) is -3.21. The van der Waals surface area contributed by atoms with E-state index in [2.05, 4.69) is 17.0 Å². The van der Waals surface area contributed by atoms with E-state index >= 15 is 0 Å². The Hall–Kier alpha value is -0.820. The summed E-state index contributed by atoms with van der Waals surface area (Å²) in [6.45, 7) is 3.83. The maximum absolute atomic E-state index is 12.1. The molecule has 0 saturated carbocycles. The molecule has 20 heavy (non-hydrogen) atoms. The summed E-state index contributed by atoms with van der Waals surface area (Å²) in [6, 6.07) is -0.106. The first-order valence-corrected chi connectivity index (χ1v) is 9.32. The summed E-state index contributed by atoms with van der Waals surface area (Å²) in [5.74, 6) is 0. The van der Waals surface area contributed by atoms with Gasteiger partial charge in [-0.15, -0.1) is 0 Å². The molecular weight excluding hydrogens is 278 g/mol. The van der Waals surface area contributed by atoms with Gasteiger partial charge in [0.25, 0.3) is 0 Å². The quantitative estimate of drug-likeness (QED) is 0.696. The monoisotopic (exact) mass is 305 g/mol. The molecule has 1 aliphatic heterocycles. The van der Waals surface area contributed by atoms with Crippen molar-refractivity contribution in [1.29, 1.82) is 0 Å². The van der Waals surface area contributed by atoms with Crippen molar-refractivity contribution in [2.75, 3.05) is 25.9 Å². The normalized spacial score (nSPS) is 19.9. The molecular formula is C13H27N3O3S. The van der Waals surface area contributed by atoms with Crippen molar-refractivity contribution in [2.24, 2.45) is 0 Å². The van der Waals surface area contributed by atoms with Crippen molar-refractivity contribution in [2.45, 2.75) is 51.5 Å². The van der Waals surface area contributed by atoms with Crippen LogP contribution in [0.25, 0.3) is 0 Å². The molecule has 6 nitrogen and oxygen atoms in total. The summed E-state index contributed by atoms with van der Waals surface area (Å²) in [5.41, 5.74) is 0. The van der Waals surface area contributed by atoms with Gasteiger partial charge >= 0.3 is 6.03 Å². The fraction of sp³-hybridized carbons (Fsp3) is 0.923. The highest BCUT2D eigenvalue weighted by atomic mass is 32.2. The third kappa shape index (κ3) is 6.56. The standard InChI is InChI=1S/C13H27N3O3S/c1-3-4-6-9-14-13(17)16-10-7-5-8-12(16)11-15-20(2,18)19/h12,15H,3-11H2,1-2H3,(H,14,17). The highest BCUT2D eigenvalue weighted by Gasteiger charge is 2.26. The van der Waals surface area contributed by atoms with Crippen LogP contribution in [0.1, 0.15) is 45.4 Å². The van der Waals surface area contributed by atoms with Crippen molar-refractivity contribution >= 4 is 16.1 Å². The first-order chi connectivity index (χ1) is 9.44. The third-order valence-electron chi connectivity index (χ3n) is 3.53. The fourth-order valence-electron chi connectivity index (χ4n) is 2.40. The number of likely N-dealkylation sites (tertiary alicyclic amines) is 1. The second-order valence-electron chi connectivity index (χ2n) is 5.40. The van der Waals surface area contributed by atoms with E-state index in [0.29, 0.717) is 19.6 Å². The summed E-state index contributed by atoms with van der Waals surface area (Å²) in [5, 5.41) is 2.92. The van der Waals surface area contributed by atoms with Crippen LogP contribution < -0.4 is 10.0 Å². The van der Waals surface area contributed by atoms with Crippen molar-refractivity contribution in [1.82, 2.24) is 14.9 Å². The van der Waals surface area contributed by atoms with Gasteiger partial charge in [0, 0.05) is 25.7 Å². The van der Waals surface area contributed by atoms with Crippen molar-refractivity contribution in [3.63, 3.8) is 0 Å². The first kappa shape index (κ1) is 17.2. The van der Waals surface area contributed by atoms with Gasteiger partial charge in [-0.1, -0.05) is 19.8 Å². The second-order valence-corrected chi connectivity index (χ2v) is 7.24. The van der Waals surface area contributed by atoms with Gasteiger partial charge in [0.15, 0.2) is 0 Å². The number of nitrogens with zero attached hydrogens (tertiary/aromatic N) is 1. The number of amides is 2. The SMILES string of the molecule is CCCCCNC(=O)N1CCCCC1CNS(C)(=O)=O. The van der Waals surface area contributed by atoms with Crippen LogP contribution >= 0.6 is 0 Å². The van der Waals surface area contributed by atoms with E-state index in [1.54, 1.807) is 4.90 Å². The van der Waals surface area contributed by atoms with E-state index in [9.17, 15) is 13.2 Å². The molecule has 0 aromatic heterocycles. The molecule has 2 amide bonds. The minimum Gasteiger partial charge on any atom is -0.338 e. The van der Waals surface area contributed by atoms with E-state index < -0.39 is 10.0 Å². The number of hydrogen-bond donors (Lipinski definition) is 2. The predicted octanol–water partition coefficient (Wildman–Crippen LogP) is 1.29. The maximum atomic E-state index is 12.1. The molecule has 1 fully saturated rings. The van der Waals surface area contributed by atoms with E-state index in [1.165, 1.54) is 0 Å². The second kappa shape index (κ2) is 8.46. The zero-order valence-electron chi connectivity index (χ0n) is 12.5. The van der Waals surface area contributed by atoms with E-state index in [-0.39, 0.29) is 12.1 Å². The number of carbonyl (C=O) groups excluding carboxylic acids is 1. The van der Waals surface area contributed by atoms with Crippen LogP contribution in [0.3, 0.4) is 0 Å². The molecule has 1 aliphatic rings. The van der Waals surface area contributed by atoms with Crippen LogP contribution in [0.5, 0.6) is 0 Å². The van der Waals surface area contributed by atoms with Gasteiger partial charge in [0.05, 0.1) is 6.26 Å². The molecule has 1 saturated heterocycles. The molecule has 118 valence electrons. The number of rotatable bonds is 7.